The molecule has 1 amide bonds. The number of nitrogens with two attached hydrogens (primary N) is 1. The predicted molar refractivity (Wildman–Crippen MR) is 82.8 cm³/mol. The summed E-state index contributed by atoms with van der Waals surface area (Å²) in [7, 11) is 0. The fourth-order valence-electron chi connectivity index (χ4n) is 1.87. The van der Waals surface area contributed by atoms with Crippen molar-refractivity contribution in [1.29, 1.82) is 0 Å². The third kappa shape index (κ3) is 3.88. The first kappa shape index (κ1) is 14.7. The van der Waals surface area contributed by atoms with Crippen LogP contribution in [0.4, 0.5) is 5.13 Å². The Hall–Kier alpha value is -1.72. The van der Waals surface area contributed by atoms with Crippen LogP contribution in [0.2, 0.25) is 0 Å². The summed E-state index contributed by atoms with van der Waals surface area (Å²) in [6.07, 6.45) is 1.20. The van der Waals surface area contributed by atoms with Gasteiger partial charge in [0.25, 0.3) is 0 Å². The zero-order chi connectivity index (χ0) is 14.5. The van der Waals surface area contributed by atoms with Crippen LogP contribution in [0, 0.1) is 6.92 Å². The SMILES string of the molecule is Cc1ccccc1CCC(=O)Nc1nc(C(C)N)cs1. The standard InChI is InChI=1S/C15H19N3OS/c1-10-5-3-4-6-12(10)7-8-14(19)18-15-17-13(9-20-15)11(2)16/h3-6,9,11H,7-8,16H2,1-2H3,(H,17,18,19). The summed E-state index contributed by atoms with van der Waals surface area (Å²) in [5.74, 6) is -0.0150. The lowest BCUT2D eigenvalue weighted by Gasteiger charge is -2.05. The summed E-state index contributed by atoms with van der Waals surface area (Å²) in [5, 5.41) is 5.31. The van der Waals surface area contributed by atoms with Crippen LogP contribution in [-0.2, 0) is 11.2 Å². The van der Waals surface area contributed by atoms with Gasteiger partial charge in [0.2, 0.25) is 5.91 Å². The number of nitrogens with one attached hydrogen (secondary N) is 1. The smallest absolute Gasteiger partial charge is 0.226 e. The van der Waals surface area contributed by atoms with Crippen molar-refractivity contribution < 1.29 is 4.79 Å². The molecule has 106 valence electrons. The van der Waals surface area contributed by atoms with E-state index in [1.54, 1.807) is 0 Å². The van der Waals surface area contributed by atoms with E-state index < -0.39 is 0 Å². The summed E-state index contributed by atoms with van der Waals surface area (Å²) < 4.78 is 0. The Morgan fingerprint density at radius 2 is 2.20 bits per heavy atom. The number of hydrogen-bond donors (Lipinski definition) is 2. The lowest BCUT2D eigenvalue weighted by molar-refractivity contribution is -0.116. The van der Waals surface area contributed by atoms with E-state index in [-0.39, 0.29) is 11.9 Å². The zero-order valence-electron chi connectivity index (χ0n) is 11.7. The number of nitrogens with zero attached hydrogens (tertiary/aromatic N) is 1. The lowest BCUT2D eigenvalue weighted by Crippen LogP contribution is -2.13. The highest BCUT2D eigenvalue weighted by atomic mass is 32.1. The van der Waals surface area contributed by atoms with Gasteiger partial charge in [-0.3, -0.25) is 4.79 Å². The number of thiazole rings is 1. The average molecular weight is 289 g/mol. The van der Waals surface area contributed by atoms with Gasteiger partial charge < -0.3 is 11.1 Å². The summed E-state index contributed by atoms with van der Waals surface area (Å²) in [4.78, 5) is 16.2. The van der Waals surface area contributed by atoms with Crippen molar-refractivity contribution >= 4 is 22.4 Å². The van der Waals surface area contributed by atoms with Gasteiger partial charge in [0.1, 0.15) is 0 Å². The quantitative estimate of drug-likeness (QED) is 0.889. The number of amides is 1. The van der Waals surface area contributed by atoms with Crippen LogP contribution < -0.4 is 11.1 Å². The molecule has 1 unspecified atom stereocenters. The van der Waals surface area contributed by atoms with E-state index in [9.17, 15) is 4.79 Å². The highest BCUT2D eigenvalue weighted by Crippen LogP contribution is 2.19. The van der Waals surface area contributed by atoms with E-state index in [0.29, 0.717) is 11.6 Å². The van der Waals surface area contributed by atoms with Gasteiger partial charge in [0, 0.05) is 17.8 Å². The first-order chi connectivity index (χ1) is 9.56. The topological polar surface area (TPSA) is 68.0 Å². The molecule has 5 heteroatoms. The Balaban J connectivity index is 1.88. The first-order valence-corrected chi connectivity index (χ1v) is 7.49. The third-order valence-electron chi connectivity index (χ3n) is 3.12. The van der Waals surface area contributed by atoms with Crippen molar-refractivity contribution in [2.75, 3.05) is 5.32 Å². The molecule has 1 aromatic carbocycles. The van der Waals surface area contributed by atoms with Crippen LogP contribution in [0.5, 0.6) is 0 Å². The molecule has 0 spiro atoms. The molecular weight excluding hydrogens is 270 g/mol. The van der Waals surface area contributed by atoms with E-state index in [1.807, 2.05) is 24.4 Å². The molecule has 0 bridgehead atoms. The van der Waals surface area contributed by atoms with Crippen molar-refractivity contribution in [1.82, 2.24) is 4.98 Å². The van der Waals surface area contributed by atoms with Crippen molar-refractivity contribution in [3.63, 3.8) is 0 Å². The van der Waals surface area contributed by atoms with Crippen LogP contribution in [0.15, 0.2) is 29.6 Å². The molecule has 20 heavy (non-hydrogen) atoms. The Morgan fingerprint density at radius 1 is 1.45 bits per heavy atom. The van der Waals surface area contributed by atoms with Crippen LogP contribution >= 0.6 is 11.3 Å². The molecule has 0 aliphatic carbocycles. The minimum absolute atomic E-state index is 0.0150. The zero-order valence-corrected chi connectivity index (χ0v) is 12.5. The second-order valence-corrected chi connectivity index (χ2v) is 5.70. The molecule has 1 atom stereocenters. The van der Waals surface area contributed by atoms with Crippen LogP contribution in [0.1, 0.15) is 36.2 Å². The minimum atomic E-state index is -0.108. The summed E-state index contributed by atoms with van der Waals surface area (Å²) in [6, 6.07) is 8.01. The van der Waals surface area contributed by atoms with Gasteiger partial charge in [0.05, 0.1) is 5.69 Å². The van der Waals surface area contributed by atoms with E-state index in [0.717, 1.165) is 12.1 Å². The first-order valence-electron chi connectivity index (χ1n) is 6.61. The second-order valence-electron chi connectivity index (χ2n) is 4.84. The molecule has 1 aromatic heterocycles. The average Bonchev–Trinajstić information content (AvgIpc) is 2.86. The summed E-state index contributed by atoms with van der Waals surface area (Å²) >= 11 is 1.41. The monoisotopic (exact) mass is 289 g/mol. The molecule has 0 radical (unpaired) electrons. The molecule has 2 aromatic rings. The molecule has 1 heterocycles. The molecule has 0 aliphatic rings. The molecule has 0 saturated heterocycles. The highest BCUT2D eigenvalue weighted by Gasteiger charge is 2.09. The van der Waals surface area contributed by atoms with Crippen molar-refractivity contribution in [2.45, 2.75) is 32.7 Å². The second kappa shape index (κ2) is 6.63. The van der Waals surface area contributed by atoms with E-state index in [2.05, 4.69) is 29.4 Å². The normalized spacial score (nSPS) is 12.2. The summed E-state index contributed by atoms with van der Waals surface area (Å²) in [5.41, 5.74) is 8.97. The third-order valence-corrected chi connectivity index (χ3v) is 3.89. The van der Waals surface area contributed by atoms with Gasteiger partial charge in [-0.2, -0.15) is 0 Å². The molecule has 0 aliphatic heterocycles. The van der Waals surface area contributed by atoms with Crippen LogP contribution in [-0.4, -0.2) is 10.9 Å². The molecule has 2 rings (SSSR count). The number of carbonyl (C=O) groups is 1. The molecular formula is C15H19N3OS. The fraction of sp³-hybridized carbons (Fsp3) is 0.333. The molecule has 0 fully saturated rings. The number of aryl methyl sites for hydroxylation is 2. The largest absolute Gasteiger partial charge is 0.323 e. The Morgan fingerprint density at radius 3 is 2.85 bits per heavy atom. The number of carbonyl (C=O) groups excluding carboxylic acids is 1. The van der Waals surface area contributed by atoms with Gasteiger partial charge >= 0.3 is 0 Å². The molecule has 3 N–H and O–H groups in total. The molecule has 0 saturated carbocycles. The summed E-state index contributed by atoms with van der Waals surface area (Å²) in [6.45, 7) is 3.93. The lowest BCUT2D eigenvalue weighted by atomic mass is 10.0. The molecule has 4 nitrogen and oxygen atoms in total. The van der Waals surface area contributed by atoms with Gasteiger partial charge in [-0.15, -0.1) is 11.3 Å². The van der Waals surface area contributed by atoms with E-state index in [1.165, 1.54) is 22.5 Å². The maximum absolute atomic E-state index is 11.9. The highest BCUT2D eigenvalue weighted by molar-refractivity contribution is 7.13. The number of rotatable bonds is 5. The van der Waals surface area contributed by atoms with Gasteiger partial charge in [-0.05, 0) is 31.4 Å². The Bertz CT molecular complexity index is 592. The van der Waals surface area contributed by atoms with Crippen molar-refractivity contribution in [3.05, 3.63) is 46.5 Å². The Kier molecular flexibility index (Phi) is 4.87. The number of anilines is 1. The fourth-order valence-corrected chi connectivity index (χ4v) is 2.70. The predicted octanol–water partition coefficient (Wildman–Crippen LogP) is 3.04. The van der Waals surface area contributed by atoms with Crippen LogP contribution in [0.25, 0.3) is 0 Å². The van der Waals surface area contributed by atoms with Crippen molar-refractivity contribution in [2.24, 2.45) is 5.73 Å². The van der Waals surface area contributed by atoms with E-state index >= 15 is 0 Å². The van der Waals surface area contributed by atoms with Gasteiger partial charge in [-0.1, -0.05) is 24.3 Å². The Labute approximate surface area is 123 Å². The van der Waals surface area contributed by atoms with E-state index in [4.69, 9.17) is 5.73 Å². The van der Waals surface area contributed by atoms with Crippen molar-refractivity contribution in [3.8, 4) is 0 Å². The maximum Gasteiger partial charge on any atom is 0.226 e. The number of hydrogen-bond acceptors (Lipinski definition) is 4. The minimum Gasteiger partial charge on any atom is -0.323 e. The number of benzene rings is 1. The van der Waals surface area contributed by atoms with Crippen LogP contribution in [0.3, 0.4) is 0 Å². The maximum atomic E-state index is 11.9. The van der Waals surface area contributed by atoms with Gasteiger partial charge in [0.15, 0.2) is 5.13 Å². The number of aromatic nitrogens is 1. The van der Waals surface area contributed by atoms with Gasteiger partial charge in [-0.25, -0.2) is 4.98 Å².